The van der Waals surface area contributed by atoms with E-state index in [-0.39, 0.29) is 24.3 Å². The van der Waals surface area contributed by atoms with Gasteiger partial charge in [-0.1, -0.05) is 67.4 Å². The van der Waals surface area contributed by atoms with Gasteiger partial charge in [0.1, 0.15) is 5.25 Å². The van der Waals surface area contributed by atoms with Crippen LogP contribution in [0.5, 0.6) is 0 Å². The minimum atomic E-state index is -0.432. The van der Waals surface area contributed by atoms with E-state index in [2.05, 4.69) is 5.32 Å². The normalized spacial score (nSPS) is 21.2. The molecule has 0 spiro atoms. The Balaban J connectivity index is 1.52. The van der Waals surface area contributed by atoms with Crippen LogP contribution in [-0.4, -0.2) is 33.2 Å². The third-order valence-corrected chi connectivity index (χ3v) is 6.83. The van der Waals surface area contributed by atoms with Gasteiger partial charge in [-0.2, -0.15) is 0 Å². The van der Waals surface area contributed by atoms with Gasteiger partial charge >= 0.3 is 0 Å². The molecule has 2 aliphatic rings. The fourth-order valence-corrected chi connectivity index (χ4v) is 5.28. The zero-order valence-corrected chi connectivity index (χ0v) is 18.0. The number of nitrogens with one attached hydrogen (secondary N) is 1. The van der Waals surface area contributed by atoms with Gasteiger partial charge in [-0.3, -0.25) is 14.5 Å². The number of thioether (sulfide) groups is 1. The summed E-state index contributed by atoms with van der Waals surface area (Å²) in [6, 6.07) is 17.6. The van der Waals surface area contributed by atoms with Crippen molar-refractivity contribution >= 4 is 40.1 Å². The molecule has 2 aromatic rings. The summed E-state index contributed by atoms with van der Waals surface area (Å²) in [7, 11) is 0. The quantitative estimate of drug-likeness (QED) is 0.714. The number of nitrogens with zero attached hydrogens (tertiary/aromatic N) is 2. The maximum Gasteiger partial charge on any atom is 0.242 e. The van der Waals surface area contributed by atoms with Crippen molar-refractivity contribution in [3.05, 3.63) is 60.2 Å². The first-order chi connectivity index (χ1) is 14.6. The average Bonchev–Trinajstić information content (AvgIpc) is 3.05. The highest BCUT2D eigenvalue weighted by Gasteiger charge is 2.42. The molecule has 0 unspecified atom stereocenters. The van der Waals surface area contributed by atoms with Gasteiger partial charge in [-0.15, -0.1) is 0 Å². The lowest BCUT2D eigenvalue weighted by molar-refractivity contribution is -0.130. The fourth-order valence-electron chi connectivity index (χ4n) is 4.06. The molecule has 2 fully saturated rings. The number of aryl methyl sites for hydroxylation is 1. The zero-order chi connectivity index (χ0) is 20.9. The van der Waals surface area contributed by atoms with Crippen LogP contribution in [0.3, 0.4) is 0 Å². The molecule has 1 atom stereocenters. The van der Waals surface area contributed by atoms with Crippen LogP contribution in [0.2, 0.25) is 0 Å². The Kier molecular flexibility index (Phi) is 6.53. The second-order valence-electron chi connectivity index (χ2n) is 7.90. The standard InChI is InChI=1S/C24H27N3O2S/c1-17-10-8-9-15-20(17)26-22(28)16-21-23(29)27(19-13-6-3-7-14-19)24(30-21)25-18-11-4-2-5-12-18/h2,4-5,8-12,15,19,21H,3,6-7,13-14,16H2,1H3,(H,26,28)/t21-/m1/s1. The lowest BCUT2D eigenvalue weighted by Crippen LogP contribution is -2.42. The highest BCUT2D eigenvalue weighted by molar-refractivity contribution is 8.15. The number of rotatable bonds is 5. The van der Waals surface area contributed by atoms with E-state index >= 15 is 0 Å². The van der Waals surface area contributed by atoms with Crippen LogP contribution in [0.25, 0.3) is 0 Å². The molecule has 5 nitrogen and oxygen atoms in total. The lowest BCUT2D eigenvalue weighted by Gasteiger charge is -2.30. The summed E-state index contributed by atoms with van der Waals surface area (Å²) >= 11 is 1.42. The first-order valence-electron chi connectivity index (χ1n) is 10.6. The Morgan fingerprint density at radius 2 is 1.77 bits per heavy atom. The number of hydrogen-bond donors (Lipinski definition) is 1. The molecule has 1 saturated carbocycles. The van der Waals surface area contributed by atoms with Gasteiger partial charge in [-0.25, -0.2) is 4.99 Å². The highest BCUT2D eigenvalue weighted by Crippen LogP contribution is 2.36. The summed E-state index contributed by atoms with van der Waals surface area (Å²) in [5.74, 6) is -0.124. The molecule has 30 heavy (non-hydrogen) atoms. The van der Waals surface area contributed by atoms with Gasteiger partial charge in [0.25, 0.3) is 0 Å². The Hall–Kier alpha value is -2.60. The first kappa shape index (κ1) is 20.7. The van der Waals surface area contributed by atoms with Gasteiger partial charge < -0.3 is 5.32 Å². The average molecular weight is 422 g/mol. The Bertz CT molecular complexity index is 938. The molecule has 6 heteroatoms. The zero-order valence-electron chi connectivity index (χ0n) is 17.2. The van der Waals surface area contributed by atoms with Gasteiger partial charge in [-0.05, 0) is 43.5 Å². The molecule has 1 saturated heterocycles. The van der Waals surface area contributed by atoms with Crippen LogP contribution < -0.4 is 5.32 Å². The van der Waals surface area contributed by atoms with Crippen molar-refractivity contribution in [3.8, 4) is 0 Å². The van der Waals surface area contributed by atoms with Crippen LogP contribution >= 0.6 is 11.8 Å². The number of anilines is 1. The molecular weight excluding hydrogens is 394 g/mol. The summed E-state index contributed by atoms with van der Waals surface area (Å²) in [5, 5.41) is 3.25. The molecule has 2 aromatic carbocycles. The third-order valence-electron chi connectivity index (χ3n) is 5.68. The van der Waals surface area contributed by atoms with Gasteiger partial charge in [0.15, 0.2) is 5.17 Å². The topological polar surface area (TPSA) is 61.8 Å². The number of amides is 2. The van der Waals surface area contributed by atoms with E-state index in [0.29, 0.717) is 0 Å². The third kappa shape index (κ3) is 4.75. The molecule has 1 aliphatic carbocycles. The van der Waals surface area contributed by atoms with E-state index in [0.717, 1.165) is 47.8 Å². The molecule has 1 aliphatic heterocycles. The van der Waals surface area contributed by atoms with Crippen molar-refractivity contribution in [2.24, 2.45) is 4.99 Å². The van der Waals surface area contributed by atoms with Crippen LogP contribution in [0, 0.1) is 6.92 Å². The Morgan fingerprint density at radius 3 is 2.50 bits per heavy atom. The molecule has 4 rings (SSSR count). The summed E-state index contributed by atoms with van der Waals surface area (Å²) in [6.45, 7) is 1.96. The number of hydrogen-bond acceptors (Lipinski definition) is 4. The molecule has 1 heterocycles. The van der Waals surface area contributed by atoms with Crippen LogP contribution in [-0.2, 0) is 9.59 Å². The number of amidine groups is 1. The highest BCUT2D eigenvalue weighted by atomic mass is 32.2. The lowest BCUT2D eigenvalue weighted by atomic mass is 9.94. The minimum absolute atomic E-state index is 0.0153. The summed E-state index contributed by atoms with van der Waals surface area (Å²) in [5.41, 5.74) is 2.63. The molecule has 0 aromatic heterocycles. The van der Waals surface area contributed by atoms with Crippen molar-refractivity contribution in [2.45, 2.75) is 56.7 Å². The number of aliphatic imine (C=N–C) groups is 1. The number of benzene rings is 2. The van der Waals surface area contributed by atoms with Crippen molar-refractivity contribution in [1.29, 1.82) is 0 Å². The maximum atomic E-state index is 13.3. The largest absolute Gasteiger partial charge is 0.326 e. The number of carbonyl (C=O) groups excluding carboxylic acids is 2. The Labute approximate surface area is 182 Å². The van der Waals surface area contributed by atoms with Gasteiger partial charge in [0.2, 0.25) is 11.8 Å². The van der Waals surface area contributed by atoms with E-state index in [1.165, 1.54) is 18.2 Å². The SMILES string of the molecule is Cc1ccccc1NC(=O)C[C@H]1SC(=Nc2ccccc2)N(C2CCCCC2)C1=O. The van der Waals surface area contributed by atoms with Gasteiger partial charge in [0, 0.05) is 18.2 Å². The predicted molar refractivity (Wildman–Crippen MR) is 123 cm³/mol. The summed E-state index contributed by atoms with van der Waals surface area (Å²) < 4.78 is 0. The van der Waals surface area contributed by atoms with Crippen molar-refractivity contribution in [3.63, 3.8) is 0 Å². The fraction of sp³-hybridized carbons (Fsp3) is 0.375. The van der Waals surface area contributed by atoms with E-state index in [4.69, 9.17) is 4.99 Å². The van der Waals surface area contributed by atoms with Crippen LogP contribution in [0.4, 0.5) is 11.4 Å². The molecular formula is C24H27N3O2S. The molecule has 1 N–H and O–H groups in total. The van der Waals surface area contributed by atoms with E-state index in [1.54, 1.807) is 0 Å². The number of carbonyl (C=O) groups is 2. The van der Waals surface area contributed by atoms with E-state index in [9.17, 15) is 9.59 Å². The Morgan fingerprint density at radius 1 is 1.07 bits per heavy atom. The molecule has 0 radical (unpaired) electrons. The maximum absolute atomic E-state index is 13.3. The van der Waals surface area contributed by atoms with Crippen molar-refractivity contribution < 1.29 is 9.59 Å². The van der Waals surface area contributed by atoms with Crippen molar-refractivity contribution in [2.75, 3.05) is 5.32 Å². The summed E-state index contributed by atoms with van der Waals surface area (Å²) in [6.07, 6.45) is 5.64. The first-order valence-corrected chi connectivity index (χ1v) is 11.5. The summed E-state index contributed by atoms with van der Waals surface area (Å²) in [4.78, 5) is 32.6. The second-order valence-corrected chi connectivity index (χ2v) is 9.07. The van der Waals surface area contributed by atoms with Crippen LogP contribution in [0.1, 0.15) is 44.1 Å². The van der Waals surface area contributed by atoms with Crippen LogP contribution in [0.15, 0.2) is 59.6 Å². The molecule has 156 valence electrons. The van der Waals surface area contributed by atoms with E-state index < -0.39 is 5.25 Å². The smallest absolute Gasteiger partial charge is 0.242 e. The second kappa shape index (κ2) is 9.47. The van der Waals surface area contributed by atoms with E-state index in [1.807, 2.05) is 66.4 Å². The number of para-hydroxylation sites is 2. The van der Waals surface area contributed by atoms with Gasteiger partial charge in [0.05, 0.1) is 5.69 Å². The predicted octanol–water partition coefficient (Wildman–Crippen LogP) is 5.29. The molecule has 2 amide bonds. The monoisotopic (exact) mass is 421 g/mol. The minimum Gasteiger partial charge on any atom is -0.326 e. The molecule has 0 bridgehead atoms. The van der Waals surface area contributed by atoms with Crippen molar-refractivity contribution in [1.82, 2.24) is 4.90 Å².